The summed E-state index contributed by atoms with van der Waals surface area (Å²) in [5.74, 6) is 0.219. The van der Waals surface area contributed by atoms with Crippen LogP contribution in [-0.4, -0.2) is 46.7 Å². The number of nitrogens with one attached hydrogen (secondary N) is 1. The van der Waals surface area contributed by atoms with Gasteiger partial charge in [-0.05, 0) is 73.2 Å². The van der Waals surface area contributed by atoms with Crippen molar-refractivity contribution in [1.82, 2.24) is 0 Å². The van der Waals surface area contributed by atoms with Crippen molar-refractivity contribution in [3.8, 4) is 17.2 Å². The first-order chi connectivity index (χ1) is 18.9. The van der Waals surface area contributed by atoms with Gasteiger partial charge in [0, 0.05) is 12.1 Å². The Labute approximate surface area is 228 Å². The molecule has 200 valence electrons. The van der Waals surface area contributed by atoms with Crippen LogP contribution >= 0.6 is 11.8 Å². The number of thioether (sulfide) groups is 1. The molecular weight excluding hydrogens is 522 g/mol. The molecule has 0 unspecified atom stereocenters. The predicted octanol–water partition coefficient (Wildman–Crippen LogP) is 4.55. The van der Waals surface area contributed by atoms with Crippen LogP contribution < -0.4 is 24.4 Å². The van der Waals surface area contributed by atoms with Gasteiger partial charge in [-0.3, -0.25) is 14.6 Å². The number of aromatic carboxylic acids is 1. The normalized spacial score (nSPS) is 16.5. The molecule has 2 amide bonds. The number of aliphatic imine (C=N–C) groups is 1. The van der Waals surface area contributed by atoms with Gasteiger partial charge in [-0.2, -0.15) is 0 Å². The number of amidine groups is 1. The van der Waals surface area contributed by atoms with Crippen LogP contribution in [0.5, 0.6) is 17.2 Å². The Morgan fingerprint density at radius 2 is 1.82 bits per heavy atom. The molecule has 2 N–H and O–H groups in total. The van der Waals surface area contributed by atoms with Gasteiger partial charge in [0.25, 0.3) is 0 Å². The van der Waals surface area contributed by atoms with Crippen molar-refractivity contribution in [2.45, 2.75) is 25.1 Å². The second-order valence-corrected chi connectivity index (χ2v) is 9.81. The minimum absolute atomic E-state index is 0.0157. The van der Waals surface area contributed by atoms with E-state index < -0.39 is 17.1 Å². The van der Waals surface area contributed by atoms with E-state index in [0.29, 0.717) is 35.5 Å². The summed E-state index contributed by atoms with van der Waals surface area (Å²) in [5, 5.41) is 12.2. The first-order valence-electron chi connectivity index (χ1n) is 12.2. The SMILES string of the molecule is CCOc1ccc(NC(=NCc2ccc3c(c2)OCO3)S[C@@H]2CC(=O)N(c3ccc(C(=O)O)cc3)C2=O)cc1. The summed E-state index contributed by atoms with van der Waals surface area (Å²) in [6.45, 7) is 2.94. The number of carboxylic acid groups (broad SMARTS) is 1. The summed E-state index contributed by atoms with van der Waals surface area (Å²) in [4.78, 5) is 43.1. The van der Waals surface area contributed by atoms with E-state index in [-0.39, 0.29) is 24.7 Å². The van der Waals surface area contributed by atoms with Crippen molar-refractivity contribution >= 4 is 46.1 Å². The molecule has 5 rings (SSSR count). The van der Waals surface area contributed by atoms with Gasteiger partial charge in [0.05, 0.1) is 24.4 Å². The van der Waals surface area contributed by atoms with E-state index >= 15 is 0 Å². The molecular formula is C28H25N3O7S. The van der Waals surface area contributed by atoms with Crippen LogP contribution in [-0.2, 0) is 16.1 Å². The predicted molar refractivity (Wildman–Crippen MR) is 147 cm³/mol. The van der Waals surface area contributed by atoms with Crippen LogP contribution in [0, 0.1) is 0 Å². The molecule has 0 aliphatic carbocycles. The molecule has 0 radical (unpaired) electrons. The molecule has 3 aromatic rings. The van der Waals surface area contributed by atoms with Crippen LogP contribution in [0.25, 0.3) is 0 Å². The maximum absolute atomic E-state index is 13.3. The van der Waals surface area contributed by atoms with E-state index in [1.54, 1.807) is 0 Å². The van der Waals surface area contributed by atoms with Crippen LogP contribution in [0.2, 0.25) is 0 Å². The molecule has 2 aliphatic heterocycles. The van der Waals surface area contributed by atoms with Crippen molar-refractivity contribution < 1.29 is 33.7 Å². The zero-order valence-electron chi connectivity index (χ0n) is 21.0. The smallest absolute Gasteiger partial charge is 0.335 e. The van der Waals surface area contributed by atoms with E-state index in [2.05, 4.69) is 5.32 Å². The van der Waals surface area contributed by atoms with E-state index in [1.807, 2.05) is 49.4 Å². The highest BCUT2D eigenvalue weighted by Crippen LogP contribution is 2.34. The average Bonchev–Trinajstić information content (AvgIpc) is 3.51. The maximum Gasteiger partial charge on any atom is 0.335 e. The van der Waals surface area contributed by atoms with Crippen molar-refractivity contribution in [2.75, 3.05) is 23.6 Å². The van der Waals surface area contributed by atoms with Crippen molar-refractivity contribution in [3.63, 3.8) is 0 Å². The van der Waals surface area contributed by atoms with Gasteiger partial charge in [0.15, 0.2) is 16.7 Å². The number of imide groups is 1. The minimum Gasteiger partial charge on any atom is -0.494 e. The highest BCUT2D eigenvalue weighted by molar-refractivity contribution is 8.15. The molecule has 0 spiro atoms. The highest BCUT2D eigenvalue weighted by atomic mass is 32.2. The molecule has 1 atom stereocenters. The van der Waals surface area contributed by atoms with E-state index in [0.717, 1.165) is 21.9 Å². The largest absolute Gasteiger partial charge is 0.494 e. The average molecular weight is 548 g/mol. The Morgan fingerprint density at radius 1 is 1.08 bits per heavy atom. The number of nitrogens with zero attached hydrogens (tertiary/aromatic N) is 2. The molecule has 3 aromatic carbocycles. The third-order valence-corrected chi connectivity index (χ3v) is 7.10. The number of carbonyl (C=O) groups is 3. The summed E-state index contributed by atoms with van der Waals surface area (Å²) < 4.78 is 16.3. The highest BCUT2D eigenvalue weighted by Gasteiger charge is 2.41. The quantitative estimate of drug-likeness (QED) is 0.237. The second kappa shape index (κ2) is 11.5. The lowest BCUT2D eigenvalue weighted by molar-refractivity contribution is -0.121. The van der Waals surface area contributed by atoms with Crippen LogP contribution in [0.1, 0.15) is 29.3 Å². The number of benzene rings is 3. The third kappa shape index (κ3) is 5.99. The van der Waals surface area contributed by atoms with E-state index in [9.17, 15) is 14.4 Å². The minimum atomic E-state index is -1.09. The first-order valence-corrected chi connectivity index (χ1v) is 13.1. The molecule has 11 heteroatoms. The summed E-state index contributed by atoms with van der Waals surface area (Å²) in [7, 11) is 0. The zero-order valence-corrected chi connectivity index (χ0v) is 21.8. The molecule has 2 heterocycles. The number of hydrogen-bond donors (Lipinski definition) is 2. The van der Waals surface area contributed by atoms with Gasteiger partial charge >= 0.3 is 5.97 Å². The molecule has 1 fully saturated rings. The lowest BCUT2D eigenvalue weighted by Crippen LogP contribution is -2.31. The second-order valence-electron chi connectivity index (χ2n) is 8.62. The van der Waals surface area contributed by atoms with E-state index in [1.165, 1.54) is 36.0 Å². The molecule has 10 nitrogen and oxygen atoms in total. The standard InChI is InChI=1S/C28H25N3O7S/c1-2-36-21-10-6-19(7-11-21)30-28(29-15-17-3-12-22-23(13-17)38-16-37-22)39-24-14-25(32)31(26(24)33)20-8-4-18(5-9-20)27(34)35/h3-13,24H,2,14-16H2,1H3,(H,29,30)(H,34,35)/t24-/m1/s1. The number of rotatable bonds is 8. The Morgan fingerprint density at radius 3 is 2.54 bits per heavy atom. The van der Waals surface area contributed by atoms with Gasteiger partial charge in [-0.15, -0.1) is 0 Å². The Balaban J connectivity index is 1.35. The number of hydrogen-bond acceptors (Lipinski definition) is 8. The van der Waals surface area contributed by atoms with Crippen LogP contribution in [0.15, 0.2) is 71.7 Å². The fourth-order valence-electron chi connectivity index (χ4n) is 4.09. The van der Waals surface area contributed by atoms with Crippen molar-refractivity contribution in [3.05, 3.63) is 77.9 Å². The number of amides is 2. The molecule has 2 aliphatic rings. The summed E-state index contributed by atoms with van der Waals surface area (Å²) >= 11 is 1.17. The summed E-state index contributed by atoms with van der Waals surface area (Å²) in [5.41, 5.74) is 2.03. The van der Waals surface area contributed by atoms with Gasteiger partial charge in [-0.25, -0.2) is 9.69 Å². The summed E-state index contributed by atoms with van der Waals surface area (Å²) in [6, 6.07) is 18.6. The third-order valence-electron chi connectivity index (χ3n) is 5.99. The van der Waals surface area contributed by atoms with E-state index in [4.69, 9.17) is 24.3 Å². The number of fused-ring (bicyclic) bond motifs is 1. The number of carbonyl (C=O) groups excluding carboxylic acids is 2. The molecule has 0 saturated carbocycles. The molecule has 1 saturated heterocycles. The molecule has 39 heavy (non-hydrogen) atoms. The van der Waals surface area contributed by atoms with Gasteiger partial charge in [0.1, 0.15) is 11.0 Å². The number of anilines is 2. The van der Waals surface area contributed by atoms with Crippen LogP contribution in [0.3, 0.4) is 0 Å². The maximum atomic E-state index is 13.3. The fourth-order valence-corrected chi connectivity index (χ4v) is 5.11. The zero-order chi connectivity index (χ0) is 27.4. The Bertz CT molecular complexity index is 1420. The van der Waals surface area contributed by atoms with Crippen molar-refractivity contribution in [2.24, 2.45) is 4.99 Å². The van der Waals surface area contributed by atoms with Gasteiger partial charge in [-0.1, -0.05) is 17.8 Å². The number of ether oxygens (including phenoxy) is 3. The Kier molecular flexibility index (Phi) is 7.69. The summed E-state index contributed by atoms with van der Waals surface area (Å²) in [6.07, 6.45) is -0.0157. The van der Waals surface area contributed by atoms with Gasteiger partial charge in [0.2, 0.25) is 18.6 Å². The molecule has 0 aromatic heterocycles. The monoisotopic (exact) mass is 547 g/mol. The van der Waals surface area contributed by atoms with Gasteiger partial charge < -0.3 is 24.6 Å². The molecule has 0 bridgehead atoms. The van der Waals surface area contributed by atoms with Crippen molar-refractivity contribution in [1.29, 1.82) is 0 Å². The van der Waals surface area contributed by atoms with Crippen LogP contribution in [0.4, 0.5) is 11.4 Å². The lowest BCUT2D eigenvalue weighted by Gasteiger charge is -2.16. The lowest BCUT2D eigenvalue weighted by atomic mass is 10.2. The number of carboxylic acids is 1. The first kappa shape index (κ1) is 26.1. The topological polar surface area (TPSA) is 127 Å². The fraction of sp³-hybridized carbons (Fsp3) is 0.214. The Hall–Kier alpha value is -4.51.